The van der Waals surface area contributed by atoms with E-state index >= 15 is 0 Å². The van der Waals surface area contributed by atoms with Crippen LogP contribution in [0.2, 0.25) is 0 Å². The van der Waals surface area contributed by atoms with E-state index in [1.54, 1.807) is 0 Å². The van der Waals surface area contributed by atoms with Crippen LogP contribution in [0, 0.1) is 11.8 Å². The molecule has 2 N–H and O–H groups in total. The zero-order valence-electron chi connectivity index (χ0n) is 11.9. The standard InChI is InChI=1S/C16H23N3/c1-3-4-16-18-14-9-13(17)7-8-15(14)19(16)10-11(2)12-5-6-12/h7-9,11-12H,3-6,10,17H2,1-2H3. The van der Waals surface area contributed by atoms with Gasteiger partial charge in [-0.05, 0) is 49.3 Å². The molecular formula is C16H23N3. The molecule has 0 spiro atoms. The first-order valence-electron chi connectivity index (χ1n) is 7.43. The molecule has 102 valence electrons. The number of hydrogen-bond donors (Lipinski definition) is 1. The Morgan fingerprint density at radius 1 is 1.42 bits per heavy atom. The fourth-order valence-electron chi connectivity index (χ4n) is 2.92. The number of benzene rings is 1. The van der Waals surface area contributed by atoms with Crippen molar-refractivity contribution in [3.05, 3.63) is 24.0 Å². The Morgan fingerprint density at radius 3 is 2.89 bits per heavy atom. The van der Waals surface area contributed by atoms with Gasteiger partial charge in [-0.15, -0.1) is 0 Å². The lowest BCUT2D eigenvalue weighted by atomic mass is 10.1. The predicted molar refractivity (Wildman–Crippen MR) is 80.0 cm³/mol. The van der Waals surface area contributed by atoms with Gasteiger partial charge in [0, 0.05) is 18.7 Å². The molecule has 0 radical (unpaired) electrons. The minimum atomic E-state index is 0.755. The van der Waals surface area contributed by atoms with Gasteiger partial charge in [-0.1, -0.05) is 13.8 Å². The summed E-state index contributed by atoms with van der Waals surface area (Å²) in [4.78, 5) is 4.78. The molecule has 0 saturated heterocycles. The van der Waals surface area contributed by atoms with E-state index in [-0.39, 0.29) is 0 Å². The maximum atomic E-state index is 5.87. The molecule has 1 fully saturated rings. The lowest BCUT2D eigenvalue weighted by Gasteiger charge is -2.14. The molecule has 3 rings (SSSR count). The molecule has 1 atom stereocenters. The molecule has 3 heteroatoms. The number of imidazole rings is 1. The smallest absolute Gasteiger partial charge is 0.109 e. The van der Waals surface area contributed by atoms with Crippen molar-refractivity contribution in [2.24, 2.45) is 11.8 Å². The average Bonchev–Trinajstić information content (AvgIpc) is 3.16. The number of nitrogen functional groups attached to an aromatic ring is 1. The van der Waals surface area contributed by atoms with Crippen LogP contribution in [0.4, 0.5) is 5.69 Å². The minimum Gasteiger partial charge on any atom is -0.399 e. The van der Waals surface area contributed by atoms with Crippen LogP contribution in [-0.4, -0.2) is 9.55 Å². The Balaban J connectivity index is 1.99. The summed E-state index contributed by atoms with van der Waals surface area (Å²) in [6, 6.07) is 6.10. The van der Waals surface area contributed by atoms with E-state index in [0.29, 0.717) is 0 Å². The summed E-state index contributed by atoms with van der Waals surface area (Å²) in [6.45, 7) is 5.68. The molecular weight excluding hydrogens is 234 g/mol. The quantitative estimate of drug-likeness (QED) is 0.831. The van der Waals surface area contributed by atoms with E-state index in [4.69, 9.17) is 10.7 Å². The highest BCUT2D eigenvalue weighted by Crippen LogP contribution is 2.38. The fourth-order valence-corrected chi connectivity index (χ4v) is 2.92. The molecule has 1 heterocycles. The van der Waals surface area contributed by atoms with E-state index in [0.717, 1.165) is 42.4 Å². The topological polar surface area (TPSA) is 43.8 Å². The van der Waals surface area contributed by atoms with Gasteiger partial charge in [-0.2, -0.15) is 0 Å². The Hall–Kier alpha value is -1.51. The molecule has 0 amide bonds. The summed E-state index contributed by atoms with van der Waals surface area (Å²) in [6.07, 6.45) is 5.00. The zero-order chi connectivity index (χ0) is 13.4. The number of aromatic nitrogens is 2. The molecule has 3 nitrogen and oxygen atoms in total. The summed E-state index contributed by atoms with van der Waals surface area (Å²) in [5.74, 6) is 2.90. The van der Waals surface area contributed by atoms with Crippen LogP contribution in [0.5, 0.6) is 0 Å². The maximum Gasteiger partial charge on any atom is 0.109 e. The third-order valence-electron chi connectivity index (χ3n) is 4.22. The fraction of sp³-hybridized carbons (Fsp3) is 0.562. The lowest BCUT2D eigenvalue weighted by molar-refractivity contribution is 0.427. The van der Waals surface area contributed by atoms with Gasteiger partial charge < -0.3 is 10.3 Å². The summed E-state index contributed by atoms with van der Waals surface area (Å²) >= 11 is 0. The highest BCUT2D eigenvalue weighted by atomic mass is 15.1. The number of aryl methyl sites for hydroxylation is 1. The first-order valence-corrected chi connectivity index (χ1v) is 7.43. The Morgan fingerprint density at radius 2 is 2.21 bits per heavy atom. The van der Waals surface area contributed by atoms with Gasteiger partial charge in [0.15, 0.2) is 0 Å². The van der Waals surface area contributed by atoms with Gasteiger partial charge in [0.05, 0.1) is 11.0 Å². The van der Waals surface area contributed by atoms with Crippen molar-refractivity contribution in [2.75, 3.05) is 5.73 Å². The van der Waals surface area contributed by atoms with Crippen LogP contribution >= 0.6 is 0 Å². The monoisotopic (exact) mass is 257 g/mol. The third-order valence-corrected chi connectivity index (χ3v) is 4.22. The Labute approximate surface area is 114 Å². The SMILES string of the molecule is CCCc1nc2cc(N)ccc2n1CC(C)C1CC1. The highest BCUT2D eigenvalue weighted by Gasteiger charge is 2.28. The van der Waals surface area contributed by atoms with Crippen molar-refractivity contribution in [1.82, 2.24) is 9.55 Å². The molecule has 1 aromatic carbocycles. The van der Waals surface area contributed by atoms with Gasteiger partial charge in [-0.3, -0.25) is 0 Å². The molecule has 0 aliphatic heterocycles. The number of nitrogens with two attached hydrogens (primary N) is 1. The number of rotatable bonds is 5. The van der Waals surface area contributed by atoms with Crippen molar-refractivity contribution in [3.63, 3.8) is 0 Å². The van der Waals surface area contributed by atoms with Crippen molar-refractivity contribution in [3.8, 4) is 0 Å². The van der Waals surface area contributed by atoms with Gasteiger partial charge in [0.25, 0.3) is 0 Å². The molecule has 19 heavy (non-hydrogen) atoms. The number of fused-ring (bicyclic) bond motifs is 1. The maximum absolute atomic E-state index is 5.87. The highest BCUT2D eigenvalue weighted by molar-refractivity contribution is 5.79. The second kappa shape index (κ2) is 4.87. The van der Waals surface area contributed by atoms with Gasteiger partial charge in [-0.25, -0.2) is 4.98 Å². The van der Waals surface area contributed by atoms with E-state index in [1.165, 1.54) is 24.2 Å². The molecule has 1 unspecified atom stereocenters. The second-order valence-electron chi connectivity index (χ2n) is 5.95. The van der Waals surface area contributed by atoms with Crippen LogP contribution < -0.4 is 5.73 Å². The van der Waals surface area contributed by atoms with Gasteiger partial charge >= 0.3 is 0 Å². The molecule has 0 bridgehead atoms. The van der Waals surface area contributed by atoms with E-state index in [9.17, 15) is 0 Å². The van der Waals surface area contributed by atoms with Crippen LogP contribution in [0.3, 0.4) is 0 Å². The third kappa shape index (κ3) is 2.46. The number of nitrogens with zero attached hydrogens (tertiary/aromatic N) is 2. The van der Waals surface area contributed by atoms with Crippen LogP contribution in [0.25, 0.3) is 11.0 Å². The molecule has 1 saturated carbocycles. The zero-order valence-corrected chi connectivity index (χ0v) is 11.9. The Kier molecular flexibility index (Phi) is 3.21. The first kappa shape index (κ1) is 12.5. The summed E-state index contributed by atoms with van der Waals surface area (Å²) in [5.41, 5.74) is 8.96. The molecule has 2 aromatic rings. The number of anilines is 1. The molecule has 1 aliphatic rings. The van der Waals surface area contributed by atoms with Crippen molar-refractivity contribution in [1.29, 1.82) is 0 Å². The molecule has 1 aliphatic carbocycles. The summed E-state index contributed by atoms with van der Waals surface area (Å²) < 4.78 is 2.42. The first-order chi connectivity index (χ1) is 9.19. The lowest BCUT2D eigenvalue weighted by Crippen LogP contribution is -2.12. The van der Waals surface area contributed by atoms with Crippen molar-refractivity contribution < 1.29 is 0 Å². The van der Waals surface area contributed by atoms with Crippen molar-refractivity contribution in [2.45, 2.75) is 46.1 Å². The van der Waals surface area contributed by atoms with E-state index in [1.807, 2.05) is 12.1 Å². The minimum absolute atomic E-state index is 0.755. The van der Waals surface area contributed by atoms with Gasteiger partial charge in [0.2, 0.25) is 0 Å². The van der Waals surface area contributed by atoms with Crippen LogP contribution in [-0.2, 0) is 13.0 Å². The summed E-state index contributed by atoms with van der Waals surface area (Å²) in [5, 5.41) is 0. The summed E-state index contributed by atoms with van der Waals surface area (Å²) in [7, 11) is 0. The second-order valence-corrected chi connectivity index (χ2v) is 5.95. The average molecular weight is 257 g/mol. The van der Waals surface area contributed by atoms with E-state index < -0.39 is 0 Å². The number of hydrogen-bond acceptors (Lipinski definition) is 2. The van der Waals surface area contributed by atoms with Gasteiger partial charge in [0.1, 0.15) is 5.82 Å². The normalized spacial score (nSPS) is 16.9. The largest absolute Gasteiger partial charge is 0.399 e. The van der Waals surface area contributed by atoms with Crippen molar-refractivity contribution >= 4 is 16.7 Å². The van der Waals surface area contributed by atoms with Crippen LogP contribution in [0.1, 0.15) is 38.9 Å². The van der Waals surface area contributed by atoms with Crippen LogP contribution in [0.15, 0.2) is 18.2 Å². The molecule has 1 aromatic heterocycles. The van der Waals surface area contributed by atoms with E-state index in [2.05, 4.69) is 24.5 Å². The predicted octanol–water partition coefficient (Wildman–Crippen LogP) is 3.62. The Bertz CT molecular complexity index is 581.